The number of rotatable bonds is 5. The van der Waals surface area contributed by atoms with Crippen LogP contribution in [0.25, 0.3) is 0 Å². The lowest BCUT2D eigenvalue weighted by Crippen LogP contribution is -2.42. The largest absolute Gasteiger partial charge is 0.494 e. The molecular formula is C21H23ClN2O3. The number of benzene rings is 2. The van der Waals surface area contributed by atoms with Gasteiger partial charge in [0.15, 0.2) is 5.78 Å². The Balaban J connectivity index is 1.52. The molecule has 1 fully saturated rings. The number of halogens is 1. The van der Waals surface area contributed by atoms with Gasteiger partial charge in [-0.25, -0.2) is 4.79 Å². The predicted octanol–water partition coefficient (Wildman–Crippen LogP) is 4.87. The molecule has 3 rings (SSSR count). The van der Waals surface area contributed by atoms with E-state index < -0.39 is 0 Å². The molecule has 1 aliphatic rings. The number of Topliss-reactive ketones (excluding diaryl/α,β-unsaturated/α-hetero) is 1. The van der Waals surface area contributed by atoms with Gasteiger partial charge in [0.25, 0.3) is 0 Å². The van der Waals surface area contributed by atoms with E-state index in [1.807, 2.05) is 31.2 Å². The Labute approximate surface area is 164 Å². The number of amides is 2. The number of carbonyl (C=O) groups is 2. The zero-order chi connectivity index (χ0) is 19.2. The average Bonchev–Trinajstić information content (AvgIpc) is 2.69. The highest BCUT2D eigenvalue weighted by atomic mass is 35.5. The molecule has 2 aromatic carbocycles. The van der Waals surface area contributed by atoms with Crippen LogP contribution in [0.4, 0.5) is 10.5 Å². The van der Waals surface area contributed by atoms with Crippen LogP contribution < -0.4 is 10.1 Å². The van der Waals surface area contributed by atoms with E-state index in [-0.39, 0.29) is 17.7 Å². The van der Waals surface area contributed by atoms with Gasteiger partial charge in [0.05, 0.1) is 6.61 Å². The smallest absolute Gasteiger partial charge is 0.321 e. The normalized spacial score (nSPS) is 14.7. The Kier molecular flexibility index (Phi) is 6.35. The molecule has 0 atom stereocenters. The number of hydrogen-bond acceptors (Lipinski definition) is 3. The highest BCUT2D eigenvalue weighted by Gasteiger charge is 2.28. The molecule has 1 saturated heterocycles. The molecule has 2 aromatic rings. The van der Waals surface area contributed by atoms with Crippen LogP contribution in [0.2, 0.25) is 5.02 Å². The molecule has 1 aliphatic heterocycles. The molecule has 0 saturated carbocycles. The lowest BCUT2D eigenvalue weighted by atomic mass is 9.89. The summed E-state index contributed by atoms with van der Waals surface area (Å²) in [6.45, 7) is 3.64. The van der Waals surface area contributed by atoms with Gasteiger partial charge in [0.1, 0.15) is 5.75 Å². The Morgan fingerprint density at radius 1 is 1.15 bits per heavy atom. The number of ketones is 1. The van der Waals surface area contributed by atoms with Crippen molar-refractivity contribution in [3.8, 4) is 5.75 Å². The summed E-state index contributed by atoms with van der Waals surface area (Å²) in [7, 11) is 0. The van der Waals surface area contributed by atoms with E-state index in [0.29, 0.717) is 43.1 Å². The van der Waals surface area contributed by atoms with Gasteiger partial charge in [-0.15, -0.1) is 0 Å². The summed E-state index contributed by atoms with van der Waals surface area (Å²) >= 11 is 5.98. The molecule has 0 radical (unpaired) electrons. The van der Waals surface area contributed by atoms with Crippen molar-refractivity contribution in [1.29, 1.82) is 0 Å². The lowest BCUT2D eigenvalue weighted by molar-refractivity contribution is 0.0859. The van der Waals surface area contributed by atoms with E-state index >= 15 is 0 Å². The third-order valence-electron chi connectivity index (χ3n) is 4.68. The zero-order valence-corrected chi connectivity index (χ0v) is 16.0. The molecule has 0 bridgehead atoms. The van der Waals surface area contributed by atoms with Gasteiger partial charge >= 0.3 is 6.03 Å². The fourth-order valence-electron chi connectivity index (χ4n) is 3.23. The van der Waals surface area contributed by atoms with Crippen molar-refractivity contribution in [2.75, 3.05) is 25.0 Å². The standard InChI is InChI=1S/C21H23ClN2O3/c1-2-27-19-8-6-18(7-9-19)23-21(26)24-12-10-15(11-13-24)20(25)16-4-3-5-17(22)14-16/h3-9,14-15H,2,10-13H2,1H3,(H,23,26). The molecule has 1 N–H and O–H groups in total. The summed E-state index contributed by atoms with van der Waals surface area (Å²) in [5, 5.41) is 3.46. The molecule has 0 aromatic heterocycles. The third kappa shape index (κ3) is 5.01. The first-order chi connectivity index (χ1) is 13.1. The first-order valence-corrected chi connectivity index (χ1v) is 9.53. The number of nitrogens with one attached hydrogen (secondary N) is 1. The van der Waals surface area contributed by atoms with Gasteiger partial charge in [0, 0.05) is 35.3 Å². The molecule has 1 heterocycles. The first kappa shape index (κ1) is 19.2. The summed E-state index contributed by atoms with van der Waals surface area (Å²) in [6.07, 6.45) is 1.31. The van der Waals surface area contributed by atoms with E-state index in [1.165, 1.54) is 0 Å². The van der Waals surface area contributed by atoms with Crippen LogP contribution in [0.1, 0.15) is 30.1 Å². The number of carbonyl (C=O) groups excluding carboxylic acids is 2. The minimum absolute atomic E-state index is 0.0713. The highest BCUT2D eigenvalue weighted by Crippen LogP contribution is 2.24. The minimum atomic E-state index is -0.146. The molecule has 0 unspecified atom stereocenters. The molecule has 27 heavy (non-hydrogen) atoms. The molecular weight excluding hydrogens is 364 g/mol. The Hall–Kier alpha value is -2.53. The van der Waals surface area contributed by atoms with Crippen molar-refractivity contribution in [1.82, 2.24) is 4.90 Å². The zero-order valence-electron chi connectivity index (χ0n) is 15.3. The average molecular weight is 387 g/mol. The van der Waals surface area contributed by atoms with Crippen molar-refractivity contribution in [3.05, 3.63) is 59.1 Å². The van der Waals surface area contributed by atoms with Crippen molar-refractivity contribution in [2.45, 2.75) is 19.8 Å². The number of anilines is 1. The summed E-state index contributed by atoms with van der Waals surface area (Å²) in [4.78, 5) is 26.8. The number of hydrogen-bond donors (Lipinski definition) is 1. The van der Waals surface area contributed by atoms with Crippen molar-refractivity contribution < 1.29 is 14.3 Å². The summed E-state index contributed by atoms with van der Waals surface area (Å²) in [5.41, 5.74) is 1.36. The van der Waals surface area contributed by atoms with E-state index in [2.05, 4.69) is 5.32 Å². The van der Waals surface area contributed by atoms with Crippen LogP contribution in [0, 0.1) is 5.92 Å². The van der Waals surface area contributed by atoms with Gasteiger partial charge < -0.3 is 15.0 Å². The number of ether oxygens (including phenoxy) is 1. The number of likely N-dealkylation sites (tertiary alicyclic amines) is 1. The second-order valence-electron chi connectivity index (χ2n) is 6.52. The van der Waals surface area contributed by atoms with Crippen molar-refractivity contribution in [2.24, 2.45) is 5.92 Å². The molecule has 5 nitrogen and oxygen atoms in total. The first-order valence-electron chi connectivity index (χ1n) is 9.15. The van der Waals surface area contributed by atoms with Crippen LogP contribution in [0.15, 0.2) is 48.5 Å². The van der Waals surface area contributed by atoms with Crippen LogP contribution in [-0.2, 0) is 0 Å². The minimum Gasteiger partial charge on any atom is -0.494 e. The fraction of sp³-hybridized carbons (Fsp3) is 0.333. The van der Waals surface area contributed by atoms with Gasteiger partial charge in [0.2, 0.25) is 0 Å². The number of urea groups is 1. The van der Waals surface area contributed by atoms with Crippen LogP contribution in [0.3, 0.4) is 0 Å². The molecule has 0 aliphatic carbocycles. The maximum atomic E-state index is 12.6. The van der Waals surface area contributed by atoms with E-state index in [9.17, 15) is 9.59 Å². The molecule has 142 valence electrons. The Morgan fingerprint density at radius 2 is 1.85 bits per heavy atom. The fourth-order valence-corrected chi connectivity index (χ4v) is 3.42. The summed E-state index contributed by atoms with van der Waals surface area (Å²) < 4.78 is 5.40. The van der Waals surface area contributed by atoms with Gasteiger partial charge in [-0.05, 0) is 56.2 Å². The van der Waals surface area contributed by atoms with E-state index in [4.69, 9.17) is 16.3 Å². The Bertz CT molecular complexity index is 799. The maximum absolute atomic E-state index is 12.6. The maximum Gasteiger partial charge on any atom is 0.321 e. The third-order valence-corrected chi connectivity index (χ3v) is 4.91. The predicted molar refractivity (Wildman–Crippen MR) is 107 cm³/mol. The van der Waals surface area contributed by atoms with Crippen molar-refractivity contribution in [3.63, 3.8) is 0 Å². The SMILES string of the molecule is CCOc1ccc(NC(=O)N2CCC(C(=O)c3cccc(Cl)c3)CC2)cc1. The second kappa shape index (κ2) is 8.91. The lowest BCUT2D eigenvalue weighted by Gasteiger charge is -2.31. The van der Waals surface area contributed by atoms with Crippen LogP contribution in [-0.4, -0.2) is 36.4 Å². The summed E-state index contributed by atoms with van der Waals surface area (Å²) in [6, 6.07) is 14.2. The van der Waals surface area contributed by atoms with E-state index in [0.717, 1.165) is 11.4 Å². The molecule has 6 heteroatoms. The number of nitrogens with zero attached hydrogens (tertiary/aromatic N) is 1. The Morgan fingerprint density at radius 3 is 2.48 bits per heavy atom. The van der Waals surface area contributed by atoms with Gasteiger partial charge in [-0.1, -0.05) is 23.7 Å². The summed E-state index contributed by atoms with van der Waals surface area (Å²) in [5.74, 6) is 0.804. The van der Waals surface area contributed by atoms with E-state index in [1.54, 1.807) is 29.2 Å². The quantitative estimate of drug-likeness (QED) is 0.746. The monoisotopic (exact) mass is 386 g/mol. The highest BCUT2D eigenvalue weighted by molar-refractivity contribution is 6.31. The van der Waals surface area contributed by atoms with Crippen molar-refractivity contribution >= 4 is 29.1 Å². The van der Waals surface area contributed by atoms with Gasteiger partial charge in [-0.3, -0.25) is 4.79 Å². The molecule has 2 amide bonds. The number of piperidine rings is 1. The van der Waals surface area contributed by atoms with Gasteiger partial charge in [-0.2, -0.15) is 0 Å². The van der Waals surface area contributed by atoms with Crippen LogP contribution in [0.5, 0.6) is 5.75 Å². The molecule has 0 spiro atoms. The topological polar surface area (TPSA) is 58.6 Å². The second-order valence-corrected chi connectivity index (χ2v) is 6.96. The van der Waals surface area contributed by atoms with Crippen LogP contribution >= 0.6 is 11.6 Å².